The van der Waals surface area contributed by atoms with Crippen molar-refractivity contribution in [3.63, 3.8) is 0 Å². The van der Waals surface area contributed by atoms with Gasteiger partial charge in [0.15, 0.2) is 0 Å². The Kier molecular flexibility index (Phi) is 5.56. The highest BCUT2D eigenvalue weighted by Crippen LogP contribution is 2.58. The summed E-state index contributed by atoms with van der Waals surface area (Å²) in [5.74, 6) is -0.493. The lowest BCUT2D eigenvalue weighted by Gasteiger charge is -2.24. The van der Waals surface area contributed by atoms with E-state index >= 15 is 0 Å². The van der Waals surface area contributed by atoms with Crippen molar-refractivity contribution >= 4 is 17.4 Å². The Morgan fingerprint density at radius 2 is 1.25 bits per heavy atom. The van der Waals surface area contributed by atoms with E-state index < -0.39 is 0 Å². The molecule has 164 valence electrons. The number of carbonyl (C=O) groups is 2. The number of allylic oxidation sites excluding steroid dienone is 3. The molecule has 4 unspecified atom stereocenters. The van der Waals surface area contributed by atoms with Gasteiger partial charge in [0.25, 0.3) is 0 Å². The van der Waals surface area contributed by atoms with Gasteiger partial charge in [-0.2, -0.15) is 0 Å². The van der Waals surface area contributed by atoms with Crippen LogP contribution in [0.2, 0.25) is 0 Å². The zero-order valence-electron chi connectivity index (χ0n) is 18.8. The Morgan fingerprint density at radius 1 is 0.781 bits per heavy atom. The van der Waals surface area contributed by atoms with Gasteiger partial charge in [-0.15, -0.1) is 0 Å². The molecule has 1 aliphatic heterocycles. The summed E-state index contributed by atoms with van der Waals surface area (Å²) >= 11 is 0. The molecule has 4 heteroatoms. The highest BCUT2D eigenvalue weighted by atomic mass is 16.2. The molecule has 4 nitrogen and oxygen atoms in total. The summed E-state index contributed by atoms with van der Waals surface area (Å²) in [4.78, 5) is 30.7. The molecule has 1 heterocycles. The first kappa shape index (κ1) is 20.9. The van der Waals surface area contributed by atoms with Crippen LogP contribution < -0.4 is 0 Å². The van der Waals surface area contributed by atoms with Crippen LogP contribution in [0.25, 0.3) is 5.57 Å². The summed E-state index contributed by atoms with van der Waals surface area (Å²) in [7, 11) is 0. The van der Waals surface area contributed by atoms with Gasteiger partial charge in [0.1, 0.15) is 0 Å². The standard InChI is InChI=1S/C28H30N2O2/c1-3-29(4-2)17-18-30-27(31)25-21-15-16-22(26(25)28(30)32)24(21)23(19-11-7-5-8-12-19)20-13-9-6-10-14-20/h5-16,21-22,25-26H,3-4,17-18H2,1-2H3. The monoisotopic (exact) mass is 426 g/mol. The maximum absolute atomic E-state index is 13.4. The minimum absolute atomic E-state index is 0.00434. The van der Waals surface area contributed by atoms with E-state index in [1.807, 2.05) is 12.1 Å². The summed E-state index contributed by atoms with van der Waals surface area (Å²) in [5, 5.41) is 0. The van der Waals surface area contributed by atoms with Crippen molar-refractivity contribution in [2.45, 2.75) is 13.8 Å². The molecule has 0 N–H and O–H groups in total. The minimum Gasteiger partial charge on any atom is -0.302 e. The molecule has 2 aromatic rings. The van der Waals surface area contributed by atoms with Gasteiger partial charge in [0, 0.05) is 24.9 Å². The first-order valence-electron chi connectivity index (χ1n) is 11.8. The maximum atomic E-state index is 13.4. The van der Waals surface area contributed by atoms with Crippen molar-refractivity contribution in [3.8, 4) is 0 Å². The average molecular weight is 427 g/mol. The van der Waals surface area contributed by atoms with Gasteiger partial charge < -0.3 is 4.90 Å². The number of hydrogen-bond acceptors (Lipinski definition) is 3. The number of likely N-dealkylation sites (N-methyl/N-ethyl adjacent to an activating group) is 1. The highest BCUT2D eigenvalue weighted by Gasteiger charge is 2.61. The lowest BCUT2D eigenvalue weighted by atomic mass is 9.85. The van der Waals surface area contributed by atoms with E-state index in [2.05, 4.69) is 79.4 Å². The van der Waals surface area contributed by atoms with E-state index in [9.17, 15) is 9.59 Å². The van der Waals surface area contributed by atoms with E-state index in [4.69, 9.17) is 0 Å². The number of imide groups is 1. The molecule has 5 rings (SSSR count). The third-order valence-electron chi connectivity index (χ3n) is 7.45. The number of amides is 2. The molecule has 2 aromatic carbocycles. The number of rotatable bonds is 7. The molecule has 1 saturated carbocycles. The van der Waals surface area contributed by atoms with Crippen LogP contribution in [0.1, 0.15) is 25.0 Å². The highest BCUT2D eigenvalue weighted by molar-refractivity contribution is 6.08. The van der Waals surface area contributed by atoms with E-state index in [1.165, 1.54) is 11.1 Å². The van der Waals surface area contributed by atoms with Crippen LogP contribution in [-0.4, -0.2) is 47.8 Å². The fraction of sp³-hybridized carbons (Fsp3) is 0.357. The molecule has 1 saturated heterocycles. The molecular weight excluding hydrogens is 396 g/mol. The zero-order valence-corrected chi connectivity index (χ0v) is 18.8. The van der Waals surface area contributed by atoms with Crippen LogP contribution in [0, 0.1) is 23.7 Å². The number of carbonyl (C=O) groups excluding carboxylic acids is 2. The smallest absolute Gasteiger partial charge is 0.234 e. The first-order valence-corrected chi connectivity index (χ1v) is 11.8. The predicted molar refractivity (Wildman–Crippen MR) is 127 cm³/mol. The third kappa shape index (κ3) is 3.25. The van der Waals surface area contributed by atoms with Crippen LogP contribution >= 0.6 is 0 Å². The minimum atomic E-state index is -0.258. The lowest BCUT2D eigenvalue weighted by Crippen LogP contribution is -2.40. The Morgan fingerprint density at radius 3 is 1.69 bits per heavy atom. The molecule has 0 radical (unpaired) electrons. The quantitative estimate of drug-likeness (QED) is 0.491. The molecule has 4 atom stereocenters. The lowest BCUT2D eigenvalue weighted by molar-refractivity contribution is -0.140. The summed E-state index contributed by atoms with van der Waals surface area (Å²) < 4.78 is 0. The van der Waals surface area contributed by atoms with Gasteiger partial charge in [0.2, 0.25) is 11.8 Å². The SMILES string of the molecule is CCN(CC)CCN1C(=O)C2C3C=CC(C3=C(c3ccccc3)c3ccccc3)C2C1=O. The van der Waals surface area contributed by atoms with Crippen molar-refractivity contribution in [1.82, 2.24) is 9.80 Å². The Labute approximate surface area is 190 Å². The Hall–Kier alpha value is -2.98. The number of fused-ring (bicyclic) bond motifs is 5. The first-order chi connectivity index (χ1) is 15.7. The molecule has 2 fully saturated rings. The Balaban J connectivity index is 1.53. The number of hydrogen-bond donors (Lipinski definition) is 0. The topological polar surface area (TPSA) is 40.6 Å². The normalized spacial score (nSPS) is 25.8. The van der Waals surface area contributed by atoms with Gasteiger partial charge in [-0.25, -0.2) is 0 Å². The zero-order chi connectivity index (χ0) is 22.2. The van der Waals surface area contributed by atoms with Crippen LogP contribution in [-0.2, 0) is 9.59 Å². The van der Waals surface area contributed by atoms with E-state index in [0.29, 0.717) is 6.54 Å². The number of nitrogens with zero attached hydrogens (tertiary/aromatic N) is 2. The van der Waals surface area contributed by atoms with Crippen molar-refractivity contribution in [2.75, 3.05) is 26.2 Å². The van der Waals surface area contributed by atoms with Crippen molar-refractivity contribution < 1.29 is 9.59 Å². The van der Waals surface area contributed by atoms with Gasteiger partial charge in [-0.3, -0.25) is 14.5 Å². The fourth-order valence-corrected chi connectivity index (χ4v) is 5.87. The molecule has 2 bridgehead atoms. The Bertz CT molecular complexity index is 994. The molecule has 2 amide bonds. The van der Waals surface area contributed by atoms with Crippen molar-refractivity contribution in [2.24, 2.45) is 23.7 Å². The molecular formula is C28H30N2O2. The summed E-state index contributed by atoms with van der Waals surface area (Å²) in [6.45, 7) is 7.32. The molecule has 0 spiro atoms. The predicted octanol–water partition coefficient (Wildman–Crippen LogP) is 4.25. The van der Waals surface area contributed by atoms with E-state index in [1.54, 1.807) is 4.90 Å². The maximum Gasteiger partial charge on any atom is 0.234 e. The third-order valence-corrected chi connectivity index (χ3v) is 7.45. The largest absolute Gasteiger partial charge is 0.302 e. The van der Waals surface area contributed by atoms with Crippen molar-refractivity contribution in [3.05, 3.63) is 89.5 Å². The summed E-state index contributed by atoms with van der Waals surface area (Å²) in [6, 6.07) is 20.8. The van der Waals surface area contributed by atoms with Gasteiger partial charge in [-0.1, -0.05) is 86.7 Å². The van der Waals surface area contributed by atoms with Gasteiger partial charge in [-0.05, 0) is 35.4 Å². The summed E-state index contributed by atoms with van der Waals surface area (Å²) in [6.07, 6.45) is 4.35. The molecule has 2 aliphatic carbocycles. The van der Waals surface area contributed by atoms with E-state index in [-0.39, 0.29) is 35.5 Å². The number of likely N-dealkylation sites (tertiary alicyclic amines) is 1. The second kappa shape index (κ2) is 8.51. The second-order valence-electron chi connectivity index (χ2n) is 8.91. The van der Waals surface area contributed by atoms with Gasteiger partial charge >= 0.3 is 0 Å². The van der Waals surface area contributed by atoms with E-state index in [0.717, 1.165) is 30.8 Å². The number of benzene rings is 2. The van der Waals surface area contributed by atoms with Crippen LogP contribution in [0.3, 0.4) is 0 Å². The second-order valence-corrected chi connectivity index (χ2v) is 8.91. The summed E-state index contributed by atoms with van der Waals surface area (Å²) in [5.41, 5.74) is 4.70. The van der Waals surface area contributed by atoms with Crippen molar-refractivity contribution in [1.29, 1.82) is 0 Å². The van der Waals surface area contributed by atoms with Crippen LogP contribution in [0.15, 0.2) is 78.4 Å². The van der Waals surface area contributed by atoms with Crippen LogP contribution in [0.4, 0.5) is 0 Å². The van der Waals surface area contributed by atoms with Gasteiger partial charge in [0.05, 0.1) is 11.8 Å². The molecule has 0 aromatic heterocycles. The van der Waals surface area contributed by atoms with Crippen LogP contribution in [0.5, 0.6) is 0 Å². The molecule has 32 heavy (non-hydrogen) atoms. The average Bonchev–Trinajstić information content (AvgIpc) is 3.46. The molecule has 3 aliphatic rings. The fourth-order valence-electron chi connectivity index (χ4n) is 5.87.